The summed E-state index contributed by atoms with van der Waals surface area (Å²) in [6.07, 6.45) is 1.34. The van der Waals surface area contributed by atoms with Gasteiger partial charge in [-0.15, -0.1) is 0 Å². The number of phenols is 1. The van der Waals surface area contributed by atoms with E-state index < -0.39 is 5.91 Å². The van der Waals surface area contributed by atoms with Gasteiger partial charge in [0.1, 0.15) is 11.5 Å². The highest BCUT2D eigenvalue weighted by atomic mass is 16.5. The van der Waals surface area contributed by atoms with Crippen molar-refractivity contribution in [2.45, 2.75) is 6.92 Å². The van der Waals surface area contributed by atoms with E-state index in [9.17, 15) is 14.7 Å². The number of nitrogens with zero attached hydrogens (tertiary/aromatic N) is 1. The second-order valence-electron chi connectivity index (χ2n) is 4.85. The van der Waals surface area contributed by atoms with Crippen LogP contribution >= 0.6 is 0 Å². The van der Waals surface area contributed by atoms with Crippen molar-refractivity contribution in [1.82, 2.24) is 5.43 Å². The zero-order chi connectivity index (χ0) is 17.4. The van der Waals surface area contributed by atoms with Gasteiger partial charge in [0, 0.05) is 18.2 Å². The monoisotopic (exact) mass is 327 g/mol. The standard InChI is InChI=1S/C17H17N3O4/c1-12(21)19-14-6-8-15(9-7-14)24-11-17(23)20-18-10-13-4-2-3-5-16(13)22/h2-10,22H,11H2,1H3,(H,19,21)(H,20,23)/b18-10+. The number of benzene rings is 2. The molecule has 0 spiro atoms. The molecule has 24 heavy (non-hydrogen) atoms. The van der Waals surface area contributed by atoms with E-state index in [1.54, 1.807) is 42.5 Å². The van der Waals surface area contributed by atoms with Crippen LogP contribution in [0.15, 0.2) is 53.6 Å². The Morgan fingerprint density at radius 1 is 1.17 bits per heavy atom. The van der Waals surface area contributed by atoms with Gasteiger partial charge in [-0.3, -0.25) is 9.59 Å². The Morgan fingerprint density at radius 2 is 1.88 bits per heavy atom. The fraction of sp³-hybridized carbons (Fsp3) is 0.118. The molecule has 0 aromatic heterocycles. The zero-order valence-electron chi connectivity index (χ0n) is 13.0. The number of carbonyl (C=O) groups is 2. The van der Waals surface area contributed by atoms with Crippen LogP contribution in [-0.2, 0) is 9.59 Å². The van der Waals surface area contributed by atoms with Crippen LogP contribution < -0.4 is 15.5 Å². The Balaban J connectivity index is 1.79. The molecule has 0 unspecified atom stereocenters. The molecule has 0 heterocycles. The molecular weight excluding hydrogens is 310 g/mol. The van der Waals surface area contributed by atoms with E-state index >= 15 is 0 Å². The summed E-state index contributed by atoms with van der Waals surface area (Å²) in [7, 11) is 0. The van der Waals surface area contributed by atoms with Crippen molar-refractivity contribution in [2.75, 3.05) is 11.9 Å². The first-order chi connectivity index (χ1) is 11.5. The third-order valence-electron chi connectivity index (χ3n) is 2.87. The predicted molar refractivity (Wildman–Crippen MR) is 90.1 cm³/mol. The highest BCUT2D eigenvalue weighted by molar-refractivity contribution is 5.88. The molecule has 0 radical (unpaired) electrons. The minimum absolute atomic E-state index is 0.0750. The summed E-state index contributed by atoms with van der Waals surface area (Å²) in [5, 5.41) is 15.9. The van der Waals surface area contributed by atoms with E-state index in [4.69, 9.17) is 4.74 Å². The van der Waals surface area contributed by atoms with Crippen LogP contribution in [0.2, 0.25) is 0 Å². The number of phenolic OH excluding ortho intramolecular Hbond substituents is 1. The van der Waals surface area contributed by atoms with E-state index in [2.05, 4.69) is 15.8 Å². The van der Waals surface area contributed by atoms with Crippen LogP contribution in [0.3, 0.4) is 0 Å². The Hall–Kier alpha value is -3.35. The van der Waals surface area contributed by atoms with Gasteiger partial charge in [0.25, 0.3) is 5.91 Å². The zero-order valence-corrected chi connectivity index (χ0v) is 13.0. The molecule has 7 heteroatoms. The van der Waals surface area contributed by atoms with Crippen LogP contribution in [0, 0.1) is 0 Å². The number of ether oxygens (including phenoxy) is 1. The molecule has 2 aromatic carbocycles. The lowest BCUT2D eigenvalue weighted by Crippen LogP contribution is -2.24. The van der Waals surface area contributed by atoms with Crippen LogP contribution in [0.5, 0.6) is 11.5 Å². The van der Waals surface area contributed by atoms with Gasteiger partial charge in [0.2, 0.25) is 5.91 Å². The topological polar surface area (TPSA) is 100 Å². The van der Waals surface area contributed by atoms with Gasteiger partial charge in [-0.1, -0.05) is 12.1 Å². The molecule has 0 aliphatic carbocycles. The summed E-state index contributed by atoms with van der Waals surface area (Å²) >= 11 is 0. The molecule has 2 aromatic rings. The smallest absolute Gasteiger partial charge is 0.277 e. The van der Waals surface area contributed by atoms with Crippen LogP contribution in [0.4, 0.5) is 5.69 Å². The van der Waals surface area contributed by atoms with Gasteiger partial charge in [0.05, 0.1) is 6.21 Å². The Morgan fingerprint density at radius 3 is 2.54 bits per heavy atom. The van der Waals surface area contributed by atoms with Crippen molar-refractivity contribution in [2.24, 2.45) is 5.10 Å². The number of nitrogens with one attached hydrogen (secondary N) is 2. The highest BCUT2D eigenvalue weighted by Crippen LogP contribution is 2.15. The molecule has 0 saturated carbocycles. The van der Waals surface area contributed by atoms with Gasteiger partial charge in [-0.2, -0.15) is 5.10 Å². The molecule has 2 amide bonds. The fourth-order valence-corrected chi connectivity index (χ4v) is 1.79. The van der Waals surface area contributed by atoms with E-state index in [0.717, 1.165) is 0 Å². The average molecular weight is 327 g/mol. The van der Waals surface area contributed by atoms with Gasteiger partial charge in [0.15, 0.2) is 6.61 Å². The van der Waals surface area contributed by atoms with Crippen molar-refractivity contribution in [1.29, 1.82) is 0 Å². The third-order valence-corrected chi connectivity index (χ3v) is 2.87. The maximum atomic E-state index is 11.6. The number of hydrogen-bond acceptors (Lipinski definition) is 5. The maximum Gasteiger partial charge on any atom is 0.277 e. The number of anilines is 1. The first kappa shape index (κ1) is 17.0. The summed E-state index contributed by atoms with van der Waals surface area (Å²) < 4.78 is 5.31. The molecule has 0 aliphatic rings. The van der Waals surface area contributed by atoms with Crippen molar-refractivity contribution >= 4 is 23.7 Å². The maximum absolute atomic E-state index is 11.6. The molecule has 0 atom stereocenters. The van der Waals surface area contributed by atoms with Crippen LogP contribution in [0.1, 0.15) is 12.5 Å². The summed E-state index contributed by atoms with van der Waals surface area (Å²) in [6, 6.07) is 13.3. The number of rotatable bonds is 6. The number of hydrazone groups is 1. The van der Waals surface area contributed by atoms with Crippen molar-refractivity contribution in [3.8, 4) is 11.5 Å². The van der Waals surface area contributed by atoms with E-state index in [1.165, 1.54) is 19.2 Å². The largest absolute Gasteiger partial charge is 0.507 e. The minimum atomic E-state index is -0.437. The molecule has 0 saturated heterocycles. The average Bonchev–Trinajstić information content (AvgIpc) is 2.55. The first-order valence-electron chi connectivity index (χ1n) is 7.15. The lowest BCUT2D eigenvalue weighted by atomic mass is 10.2. The molecule has 0 bridgehead atoms. The van der Waals surface area contributed by atoms with Gasteiger partial charge < -0.3 is 15.2 Å². The number of hydrogen-bond donors (Lipinski definition) is 3. The lowest BCUT2D eigenvalue weighted by molar-refractivity contribution is -0.123. The fourth-order valence-electron chi connectivity index (χ4n) is 1.79. The summed E-state index contributed by atoms with van der Waals surface area (Å²) in [4.78, 5) is 22.5. The molecule has 0 aliphatic heterocycles. The minimum Gasteiger partial charge on any atom is -0.507 e. The predicted octanol–water partition coefficient (Wildman–Crippen LogP) is 1.88. The molecule has 0 fully saturated rings. The molecule has 3 N–H and O–H groups in total. The third kappa shape index (κ3) is 5.45. The lowest BCUT2D eigenvalue weighted by Gasteiger charge is -2.06. The normalized spacial score (nSPS) is 10.4. The van der Waals surface area contributed by atoms with Crippen LogP contribution in [0.25, 0.3) is 0 Å². The Kier molecular flexibility index (Phi) is 5.90. The molecule has 124 valence electrons. The highest BCUT2D eigenvalue weighted by Gasteiger charge is 2.02. The van der Waals surface area contributed by atoms with E-state index in [1.807, 2.05) is 0 Å². The molecule has 2 rings (SSSR count). The number of carbonyl (C=O) groups excluding carboxylic acids is 2. The number of amides is 2. The summed E-state index contributed by atoms with van der Waals surface area (Å²) in [6.45, 7) is 1.21. The van der Waals surface area contributed by atoms with E-state index in [-0.39, 0.29) is 18.3 Å². The molecule has 7 nitrogen and oxygen atoms in total. The van der Waals surface area contributed by atoms with Crippen molar-refractivity contribution in [3.63, 3.8) is 0 Å². The Bertz CT molecular complexity index is 742. The van der Waals surface area contributed by atoms with Gasteiger partial charge in [-0.25, -0.2) is 5.43 Å². The van der Waals surface area contributed by atoms with Crippen molar-refractivity contribution in [3.05, 3.63) is 54.1 Å². The van der Waals surface area contributed by atoms with Crippen molar-refractivity contribution < 1.29 is 19.4 Å². The second-order valence-corrected chi connectivity index (χ2v) is 4.85. The second kappa shape index (κ2) is 8.33. The van der Waals surface area contributed by atoms with Crippen LogP contribution in [-0.4, -0.2) is 29.7 Å². The van der Waals surface area contributed by atoms with Gasteiger partial charge >= 0.3 is 0 Å². The SMILES string of the molecule is CC(=O)Nc1ccc(OCC(=O)N/N=C/c2ccccc2O)cc1. The van der Waals surface area contributed by atoms with Gasteiger partial charge in [-0.05, 0) is 36.4 Å². The summed E-state index contributed by atoms with van der Waals surface area (Å²) in [5.41, 5.74) is 3.44. The molecular formula is C17H17N3O4. The number of para-hydroxylation sites is 1. The quantitative estimate of drug-likeness (QED) is 0.557. The van der Waals surface area contributed by atoms with E-state index in [0.29, 0.717) is 17.0 Å². The summed E-state index contributed by atoms with van der Waals surface area (Å²) in [5.74, 6) is -0.0343. The Labute approximate surface area is 139 Å². The number of aromatic hydroxyl groups is 1. The first-order valence-corrected chi connectivity index (χ1v) is 7.15.